The first-order valence-corrected chi connectivity index (χ1v) is 41.9. The summed E-state index contributed by atoms with van der Waals surface area (Å²) >= 11 is 5.17. The van der Waals surface area contributed by atoms with Crippen LogP contribution in [-0.2, 0) is 112 Å². The molecule has 0 aliphatic heterocycles. The van der Waals surface area contributed by atoms with Gasteiger partial charge in [-0.2, -0.15) is 15.8 Å². The maximum absolute atomic E-state index is 11.7. The van der Waals surface area contributed by atoms with E-state index in [4.69, 9.17) is 71.9 Å². The van der Waals surface area contributed by atoms with Gasteiger partial charge in [0.05, 0.1) is 71.2 Å². The highest BCUT2D eigenvalue weighted by Gasteiger charge is 2.48. The fraction of sp³-hybridized carbons (Fsp3) is 0.656. The summed E-state index contributed by atoms with van der Waals surface area (Å²) in [7, 11) is 0. The number of fused-ring (bicyclic) bond motifs is 2. The highest BCUT2D eigenvalue weighted by molar-refractivity contribution is 6.26. The highest BCUT2D eigenvalue weighted by atomic mass is 35.5. The molecule has 10 unspecified atom stereocenters. The van der Waals surface area contributed by atoms with E-state index < -0.39 is 34.8 Å². The van der Waals surface area contributed by atoms with Gasteiger partial charge in [-0.1, -0.05) is 147 Å². The van der Waals surface area contributed by atoms with Crippen molar-refractivity contribution in [1.82, 2.24) is 21.3 Å². The summed E-state index contributed by atoms with van der Waals surface area (Å²) in [6, 6.07) is 13.1. The number of carbonyl (C=O) groups is 13. The van der Waals surface area contributed by atoms with Gasteiger partial charge in [0.15, 0.2) is 6.61 Å². The van der Waals surface area contributed by atoms with E-state index in [0.29, 0.717) is 61.9 Å². The number of nitrogens with zero attached hydrogens (tertiary/aromatic N) is 4. The van der Waals surface area contributed by atoms with Crippen LogP contribution in [0.4, 0.5) is 4.79 Å². The molecule has 0 heterocycles. The zero-order chi connectivity index (χ0) is 94.6. The van der Waals surface area contributed by atoms with Crippen LogP contribution in [0.5, 0.6) is 0 Å². The van der Waals surface area contributed by atoms with Crippen molar-refractivity contribution in [1.29, 1.82) is 15.8 Å². The Morgan fingerprint density at radius 3 is 1.39 bits per heavy atom. The van der Waals surface area contributed by atoms with Crippen LogP contribution in [0.3, 0.4) is 0 Å². The monoisotopic (exact) mass is 1740 g/mol. The van der Waals surface area contributed by atoms with Crippen LogP contribution in [0.1, 0.15) is 234 Å². The third-order valence-corrected chi connectivity index (χ3v) is 19.4. The second-order valence-electron chi connectivity index (χ2n) is 30.4. The molecule has 2 fully saturated rings. The molecule has 2 aliphatic carbocycles. The average Bonchev–Trinajstić information content (AvgIpc) is 1.64. The minimum Gasteiger partial charge on any atom is -0.462 e. The molecule has 1 aromatic rings. The number of hydrogen-bond donors (Lipinski definition) is 4. The van der Waals surface area contributed by atoms with Gasteiger partial charge in [0.2, 0.25) is 17.7 Å². The standard InChI is InChI=1S/C13H21NO6.C13H19NO2.C13H15NO2.C12H22N2O2.C11H17ClO4.C10H17NO2.C10H16O4.C8H14N2O/c1-4-10(3)12(16)19-8-9-20-13(17)14-6-7-18-11(15)5-2;1-3-8(2)13(15)16-12-6-9-4-10(12)5-11(9)7-14;1-3-10(2)13(15)16-9-12-6-4-11(8-14)5-7-12;1-6-12(4,5)11(16)14-8-7-13-10(15)9(2)3;1-4-11(2,3)10(14)16-8-7-15-9(13)5-6-12;1-6-10(3,4)9(12)13-7-8(2)11-5;1-4-8(3)10(12)14-7-6-13-9(11)5-2;1-3-7(2)8(11)10-6-4-5-9/h5,10H,2,4,6-9H2,1,3H3,(H,14,17);8-12H,3-6H2,1-2H3;4-7,10H,3,9H2,1-2H3;2,6-8H2,1,3-5H3,(H,13,15)(H,14,16);5-6H,4,7-8H2,1-3H3;8H,6-7H2,1-4H3;5,8H,2,4,6-7H2,1,3H3;7H,3-4,6H2,1-2H3,(H,10,11)/b;;;;6-5+;;;. The maximum atomic E-state index is 11.7. The Kier molecular flexibility index (Phi) is 69.7. The van der Waals surface area contributed by atoms with Crippen LogP contribution in [0.25, 0.3) is 4.85 Å². The van der Waals surface area contributed by atoms with Gasteiger partial charge in [-0.25, -0.2) is 25.8 Å². The van der Waals surface area contributed by atoms with E-state index in [1.54, 1.807) is 65.8 Å². The van der Waals surface area contributed by atoms with E-state index in [9.17, 15) is 62.3 Å². The van der Waals surface area contributed by atoms with E-state index in [1.165, 1.54) is 0 Å². The van der Waals surface area contributed by atoms with Gasteiger partial charge in [-0.05, 0) is 135 Å². The summed E-state index contributed by atoms with van der Waals surface area (Å²) in [5, 5.41) is 36.2. The number of nitriles is 3. The summed E-state index contributed by atoms with van der Waals surface area (Å²) in [4.78, 5) is 149. The number of benzene rings is 1. The Hall–Kier alpha value is -10.7. The van der Waals surface area contributed by atoms with Crippen molar-refractivity contribution in [2.75, 3.05) is 79.0 Å². The predicted molar refractivity (Wildman–Crippen MR) is 462 cm³/mol. The van der Waals surface area contributed by atoms with Crippen LogP contribution in [0, 0.1) is 104 Å². The predicted octanol–water partition coefficient (Wildman–Crippen LogP) is 14.3. The molecule has 2 bridgehead atoms. The van der Waals surface area contributed by atoms with Crippen molar-refractivity contribution < 1.29 is 110 Å². The molecule has 2 aliphatic rings. The van der Waals surface area contributed by atoms with Crippen LogP contribution in [0.15, 0.2) is 73.3 Å². The van der Waals surface area contributed by atoms with Gasteiger partial charge in [0.1, 0.15) is 59.0 Å². The molecule has 3 rings (SSSR count). The average molecular weight is 1740 g/mol. The quantitative estimate of drug-likeness (QED) is 0.0155. The molecule has 10 atom stereocenters. The molecule has 0 saturated heterocycles. The molecule has 4 amide bonds. The third kappa shape index (κ3) is 59.1. The zero-order valence-electron chi connectivity index (χ0n) is 76.2. The van der Waals surface area contributed by atoms with E-state index in [1.807, 2.05) is 116 Å². The molecule has 0 aromatic heterocycles. The van der Waals surface area contributed by atoms with Crippen molar-refractivity contribution in [2.24, 2.45) is 63.6 Å². The second kappa shape index (κ2) is 71.0. The SMILES string of the molecule is C=C(C)C(=O)NCCNC(=O)C(C)(C)CC.C=CC(=O)OCCNC(=O)OCCOC(=O)C(C)CC.C=CC(=O)OCCOC(=O)C(C)CC.CCC(C)(C)C(=O)OCCOC(=O)/C=C/Cl.CCC(C)C(=O)NCCC#N.CCC(C)C(=O)OC1CC2CC1CC2C#N.CCC(C)C(=O)OCc1ccc(C#N)cc1.[C-]#[N+]C(C)COC(=O)C(C)(C)CC. The van der Waals surface area contributed by atoms with Gasteiger partial charge in [0, 0.05) is 73.1 Å². The number of rotatable bonds is 42. The molecule has 31 nitrogen and oxygen atoms in total. The molecule has 0 radical (unpaired) electrons. The number of esters is 9. The number of alkyl carbamates (subject to hydrolysis) is 1. The summed E-state index contributed by atoms with van der Waals surface area (Å²) in [5.74, 6) is -2.18. The molecular formula is C90H141ClN8O23. The van der Waals surface area contributed by atoms with Gasteiger partial charge in [0.25, 0.3) is 6.04 Å². The van der Waals surface area contributed by atoms with Crippen LogP contribution in [0.2, 0.25) is 0 Å². The number of carbonyl (C=O) groups excluding carboxylic acids is 13. The Labute approximate surface area is 730 Å². The van der Waals surface area contributed by atoms with Crippen molar-refractivity contribution in [3.8, 4) is 18.2 Å². The number of hydrogen-bond acceptors (Lipinski definition) is 26. The lowest BCUT2D eigenvalue weighted by molar-refractivity contribution is -0.158. The van der Waals surface area contributed by atoms with Crippen molar-refractivity contribution in [3.05, 3.63) is 95.9 Å². The van der Waals surface area contributed by atoms with Crippen LogP contribution in [-0.4, -0.2) is 169 Å². The third-order valence-electron chi connectivity index (χ3n) is 19.3. The zero-order valence-corrected chi connectivity index (χ0v) is 77.0. The minimum absolute atomic E-state index is 0.00545. The van der Waals surface area contributed by atoms with Crippen molar-refractivity contribution in [3.63, 3.8) is 0 Å². The largest absolute Gasteiger partial charge is 0.462 e. The smallest absolute Gasteiger partial charge is 0.407 e. The van der Waals surface area contributed by atoms with Gasteiger partial charge in [-0.15, -0.1) is 0 Å². The number of halogens is 1. The first-order chi connectivity index (χ1) is 57.3. The lowest BCUT2D eigenvalue weighted by Crippen LogP contribution is -2.40. The summed E-state index contributed by atoms with van der Waals surface area (Å²) in [5.41, 5.74) is 1.77. The Morgan fingerprint density at radius 1 is 0.525 bits per heavy atom. The molecule has 122 heavy (non-hydrogen) atoms. The highest BCUT2D eigenvalue weighted by Crippen LogP contribution is 2.49. The van der Waals surface area contributed by atoms with E-state index in [-0.39, 0.29) is 173 Å². The normalized spacial score (nSPS) is 15.0. The Balaban J connectivity index is -0.000000429. The van der Waals surface area contributed by atoms with E-state index in [0.717, 1.165) is 87.1 Å². The van der Waals surface area contributed by atoms with Crippen molar-refractivity contribution in [2.45, 2.75) is 241 Å². The van der Waals surface area contributed by atoms with Crippen LogP contribution < -0.4 is 21.3 Å². The lowest BCUT2D eigenvalue weighted by atomic mass is 9.88. The molecule has 0 spiro atoms. The first kappa shape index (κ1) is 120. The summed E-state index contributed by atoms with van der Waals surface area (Å²) < 4.78 is 49.1. The summed E-state index contributed by atoms with van der Waals surface area (Å²) in [6.45, 7) is 58.1. The number of amides is 4. The molecule has 4 N–H and O–H groups in total. The van der Waals surface area contributed by atoms with Crippen molar-refractivity contribution >= 4 is 89.1 Å². The molecule has 686 valence electrons. The van der Waals surface area contributed by atoms with Gasteiger partial charge >= 0.3 is 59.8 Å². The minimum atomic E-state index is -0.667. The molecule has 2 saturated carbocycles. The maximum Gasteiger partial charge on any atom is 0.407 e. The van der Waals surface area contributed by atoms with E-state index in [2.05, 4.69) is 61.4 Å². The lowest BCUT2D eigenvalue weighted by Gasteiger charge is -2.25. The van der Waals surface area contributed by atoms with E-state index >= 15 is 0 Å². The fourth-order valence-corrected chi connectivity index (χ4v) is 8.64. The Bertz CT molecular complexity index is 3550. The van der Waals surface area contributed by atoms with Gasteiger partial charge < -0.3 is 73.5 Å². The summed E-state index contributed by atoms with van der Waals surface area (Å²) in [6.07, 6.45) is 12.1. The number of nitrogens with one attached hydrogen (secondary N) is 4. The Morgan fingerprint density at radius 2 is 0.967 bits per heavy atom. The second-order valence-corrected chi connectivity index (χ2v) is 30.7. The molecule has 32 heteroatoms. The number of ether oxygens (including phenoxy) is 10. The molecular weight excluding hydrogens is 1600 g/mol. The topological polar surface area (TPSA) is 438 Å². The van der Waals surface area contributed by atoms with Crippen LogP contribution >= 0.6 is 11.6 Å². The first-order valence-electron chi connectivity index (χ1n) is 41.4. The fourth-order valence-electron chi connectivity index (χ4n) is 8.54. The van der Waals surface area contributed by atoms with Gasteiger partial charge in [-0.3, -0.25) is 43.2 Å². The molecule has 1 aromatic carbocycles.